The fourth-order valence-corrected chi connectivity index (χ4v) is 1.85. The number of rotatable bonds is 4. The first-order valence-corrected chi connectivity index (χ1v) is 5.06. The molecule has 7 nitrogen and oxygen atoms in total. The highest BCUT2D eigenvalue weighted by atomic mass is 32.2. The van der Waals surface area contributed by atoms with Crippen molar-refractivity contribution in [1.82, 2.24) is 14.5 Å². The molecule has 0 aliphatic carbocycles. The zero-order valence-electron chi connectivity index (χ0n) is 7.34. The largest absolute Gasteiger partial charge is 0.480 e. The number of carbonyl (C=O) groups is 1. The molecule has 78 valence electrons. The van der Waals surface area contributed by atoms with Gasteiger partial charge >= 0.3 is 5.97 Å². The van der Waals surface area contributed by atoms with Crippen LogP contribution in [0.15, 0.2) is 17.3 Å². The summed E-state index contributed by atoms with van der Waals surface area (Å²) in [5, 5.41) is 14.0. The molecule has 0 aliphatic heterocycles. The van der Waals surface area contributed by atoms with E-state index in [0.717, 1.165) is 4.31 Å². The summed E-state index contributed by atoms with van der Waals surface area (Å²) in [6, 6.07) is 1.26. The van der Waals surface area contributed by atoms with Crippen molar-refractivity contribution in [2.24, 2.45) is 0 Å². The molecule has 0 fully saturated rings. The Morgan fingerprint density at radius 3 is 2.79 bits per heavy atom. The van der Waals surface area contributed by atoms with Gasteiger partial charge in [-0.15, -0.1) is 0 Å². The van der Waals surface area contributed by atoms with Crippen molar-refractivity contribution < 1.29 is 18.3 Å². The minimum Gasteiger partial charge on any atom is -0.480 e. The molecule has 0 saturated heterocycles. The quantitative estimate of drug-likeness (QED) is 0.684. The molecule has 2 N–H and O–H groups in total. The van der Waals surface area contributed by atoms with Crippen LogP contribution in [0.2, 0.25) is 0 Å². The molecule has 0 aromatic carbocycles. The predicted molar refractivity (Wildman–Crippen MR) is 46.0 cm³/mol. The van der Waals surface area contributed by atoms with Gasteiger partial charge in [-0.1, -0.05) is 0 Å². The van der Waals surface area contributed by atoms with Crippen LogP contribution in [0.1, 0.15) is 0 Å². The van der Waals surface area contributed by atoms with Gasteiger partial charge in [-0.3, -0.25) is 9.89 Å². The summed E-state index contributed by atoms with van der Waals surface area (Å²) in [5.41, 5.74) is 0. The summed E-state index contributed by atoms with van der Waals surface area (Å²) >= 11 is 0. The average molecular weight is 219 g/mol. The summed E-state index contributed by atoms with van der Waals surface area (Å²) in [7, 11) is -2.57. The molecule has 1 heterocycles. The number of nitrogens with zero attached hydrogens (tertiary/aromatic N) is 2. The van der Waals surface area contributed by atoms with Crippen LogP contribution in [0.25, 0.3) is 0 Å². The van der Waals surface area contributed by atoms with E-state index >= 15 is 0 Å². The molecule has 8 heteroatoms. The number of hydrogen-bond donors (Lipinski definition) is 2. The fourth-order valence-electron chi connectivity index (χ4n) is 0.830. The van der Waals surface area contributed by atoms with Crippen LogP contribution in [-0.2, 0) is 14.8 Å². The number of aromatic nitrogens is 2. The molecule has 1 aromatic heterocycles. The van der Waals surface area contributed by atoms with Crippen LogP contribution in [0.3, 0.4) is 0 Å². The van der Waals surface area contributed by atoms with Crippen LogP contribution in [-0.4, -0.2) is 47.6 Å². The van der Waals surface area contributed by atoms with Crippen molar-refractivity contribution in [3.8, 4) is 0 Å². The van der Waals surface area contributed by atoms with Gasteiger partial charge < -0.3 is 5.11 Å². The molecule has 0 unspecified atom stereocenters. The third-order valence-corrected chi connectivity index (χ3v) is 3.25. The second kappa shape index (κ2) is 3.76. The van der Waals surface area contributed by atoms with E-state index in [-0.39, 0.29) is 5.03 Å². The van der Waals surface area contributed by atoms with Crippen molar-refractivity contribution in [3.63, 3.8) is 0 Å². The van der Waals surface area contributed by atoms with E-state index in [2.05, 4.69) is 10.2 Å². The van der Waals surface area contributed by atoms with Crippen LogP contribution in [0.4, 0.5) is 0 Å². The Morgan fingerprint density at radius 2 is 2.36 bits per heavy atom. The molecular formula is C6H9N3O4S. The number of aromatic amines is 1. The standard InChI is InChI=1S/C6H9N3O4S/c1-9(4-6(10)11)14(12,13)5-2-3-7-8-5/h2-3H,4H2,1H3,(H,7,8)(H,10,11). The number of hydrogen-bond acceptors (Lipinski definition) is 4. The van der Waals surface area contributed by atoms with E-state index < -0.39 is 22.5 Å². The third kappa shape index (κ3) is 2.09. The van der Waals surface area contributed by atoms with Crippen molar-refractivity contribution in [3.05, 3.63) is 12.3 Å². The molecule has 1 aromatic rings. The minimum atomic E-state index is -3.76. The maximum atomic E-state index is 11.5. The van der Waals surface area contributed by atoms with Crippen LogP contribution in [0, 0.1) is 0 Å². The summed E-state index contributed by atoms with van der Waals surface area (Å²) < 4.78 is 23.8. The van der Waals surface area contributed by atoms with Gasteiger partial charge in [0.25, 0.3) is 10.0 Å². The Hall–Kier alpha value is -1.41. The lowest BCUT2D eigenvalue weighted by atomic mass is 10.7. The SMILES string of the molecule is CN(CC(=O)O)S(=O)(=O)c1ccn[nH]1. The Bertz CT molecular complexity index is 410. The molecule has 0 saturated carbocycles. The Balaban J connectivity index is 2.92. The summed E-state index contributed by atoms with van der Waals surface area (Å²) in [4.78, 5) is 10.3. The predicted octanol–water partition coefficient (Wildman–Crippen LogP) is -0.885. The van der Waals surface area contributed by atoms with Crippen LogP contribution in [0.5, 0.6) is 0 Å². The number of sulfonamides is 1. The fraction of sp³-hybridized carbons (Fsp3) is 0.333. The molecule has 0 spiro atoms. The minimum absolute atomic E-state index is 0.124. The van der Waals surface area contributed by atoms with Crippen molar-refractivity contribution in [1.29, 1.82) is 0 Å². The number of carboxylic acids is 1. The monoisotopic (exact) mass is 219 g/mol. The highest BCUT2D eigenvalue weighted by Crippen LogP contribution is 2.09. The lowest BCUT2D eigenvalue weighted by Crippen LogP contribution is -2.32. The Kier molecular flexibility index (Phi) is 2.87. The van der Waals surface area contributed by atoms with Gasteiger partial charge in [0.1, 0.15) is 6.54 Å². The smallest absolute Gasteiger partial charge is 0.318 e. The normalized spacial score (nSPS) is 11.9. The van der Waals surface area contributed by atoms with Gasteiger partial charge in [-0.25, -0.2) is 8.42 Å². The lowest BCUT2D eigenvalue weighted by molar-refractivity contribution is -0.137. The van der Waals surface area contributed by atoms with E-state index in [0.29, 0.717) is 0 Å². The maximum absolute atomic E-state index is 11.5. The van der Waals surface area contributed by atoms with Gasteiger partial charge in [-0.05, 0) is 6.07 Å². The van der Waals surface area contributed by atoms with Gasteiger partial charge in [0.05, 0.1) is 6.20 Å². The molecule has 0 bridgehead atoms. The topological polar surface area (TPSA) is 103 Å². The van der Waals surface area contributed by atoms with Crippen molar-refractivity contribution in [2.45, 2.75) is 5.03 Å². The van der Waals surface area contributed by atoms with Crippen LogP contribution >= 0.6 is 0 Å². The molecule has 0 atom stereocenters. The molecule has 0 amide bonds. The molecule has 14 heavy (non-hydrogen) atoms. The lowest BCUT2D eigenvalue weighted by Gasteiger charge is -2.12. The first-order chi connectivity index (χ1) is 6.44. The number of aliphatic carboxylic acids is 1. The molecule has 0 aliphatic rings. The second-order valence-electron chi connectivity index (χ2n) is 2.58. The third-order valence-electron chi connectivity index (χ3n) is 1.52. The van der Waals surface area contributed by atoms with E-state index in [1.807, 2.05) is 0 Å². The maximum Gasteiger partial charge on any atom is 0.318 e. The second-order valence-corrected chi connectivity index (χ2v) is 4.59. The Labute approximate surface area is 80.4 Å². The summed E-state index contributed by atoms with van der Waals surface area (Å²) in [6.45, 7) is -0.582. The number of carboxylic acid groups (broad SMARTS) is 1. The van der Waals surface area contributed by atoms with Gasteiger partial charge in [0.15, 0.2) is 5.03 Å². The first-order valence-electron chi connectivity index (χ1n) is 3.62. The van der Waals surface area contributed by atoms with E-state index in [1.165, 1.54) is 19.3 Å². The van der Waals surface area contributed by atoms with Crippen molar-refractivity contribution in [2.75, 3.05) is 13.6 Å². The highest BCUT2D eigenvalue weighted by molar-refractivity contribution is 7.89. The zero-order valence-corrected chi connectivity index (χ0v) is 8.15. The van der Waals surface area contributed by atoms with E-state index in [9.17, 15) is 13.2 Å². The summed E-state index contributed by atoms with van der Waals surface area (Å²) in [6.07, 6.45) is 1.28. The molecule has 0 radical (unpaired) electrons. The zero-order chi connectivity index (χ0) is 10.8. The summed E-state index contributed by atoms with van der Waals surface area (Å²) in [5.74, 6) is -1.21. The molecular weight excluding hydrogens is 210 g/mol. The number of H-pyrrole nitrogens is 1. The Morgan fingerprint density at radius 1 is 1.71 bits per heavy atom. The number of nitrogens with one attached hydrogen (secondary N) is 1. The van der Waals surface area contributed by atoms with Crippen molar-refractivity contribution >= 4 is 16.0 Å². The van der Waals surface area contributed by atoms with E-state index in [4.69, 9.17) is 5.11 Å². The highest BCUT2D eigenvalue weighted by Gasteiger charge is 2.23. The van der Waals surface area contributed by atoms with Gasteiger partial charge in [0, 0.05) is 7.05 Å². The van der Waals surface area contributed by atoms with Gasteiger partial charge in [0.2, 0.25) is 0 Å². The first kappa shape index (κ1) is 10.7. The number of likely N-dealkylation sites (N-methyl/N-ethyl adjacent to an activating group) is 1. The van der Waals surface area contributed by atoms with E-state index in [1.54, 1.807) is 0 Å². The van der Waals surface area contributed by atoms with Gasteiger partial charge in [-0.2, -0.15) is 9.40 Å². The van der Waals surface area contributed by atoms with Crippen LogP contribution < -0.4 is 0 Å². The molecule has 1 rings (SSSR count). The average Bonchev–Trinajstić information content (AvgIpc) is 2.54.